The minimum absolute atomic E-state index is 0.0259. The van der Waals surface area contributed by atoms with E-state index < -0.39 is 10.8 Å². The van der Waals surface area contributed by atoms with Gasteiger partial charge in [0.1, 0.15) is 5.75 Å². The number of carbonyl (C=O) groups is 2. The first-order chi connectivity index (χ1) is 16.4. The summed E-state index contributed by atoms with van der Waals surface area (Å²) in [5, 5.41) is 14.4. The molecule has 0 unspecified atom stereocenters. The zero-order valence-electron chi connectivity index (χ0n) is 17.9. The number of benzene rings is 3. The third-order valence-electron chi connectivity index (χ3n) is 4.93. The van der Waals surface area contributed by atoms with Gasteiger partial charge in [-0.1, -0.05) is 23.9 Å². The zero-order chi connectivity index (χ0) is 24.2. The minimum Gasteiger partial charge on any atom is -0.495 e. The van der Waals surface area contributed by atoms with Crippen molar-refractivity contribution in [3.05, 3.63) is 82.4 Å². The van der Waals surface area contributed by atoms with Crippen LogP contribution in [0.15, 0.2) is 71.9 Å². The number of methoxy groups -OCH3 is 1. The zero-order valence-corrected chi connectivity index (χ0v) is 18.7. The number of fused-ring (bicyclic) bond motifs is 1. The number of nitrogens with zero attached hydrogens (tertiary/aromatic N) is 3. The number of nitrogens with two attached hydrogens (primary N) is 1. The van der Waals surface area contributed by atoms with Gasteiger partial charge >= 0.3 is 0 Å². The number of aromatic nitrogens is 2. The molecule has 4 aromatic rings. The van der Waals surface area contributed by atoms with E-state index in [4.69, 9.17) is 10.5 Å². The molecule has 1 aromatic heterocycles. The Morgan fingerprint density at radius 1 is 1.15 bits per heavy atom. The number of thioether (sulfide) groups is 1. The molecule has 0 aliphatic carbocycles. The lowest BCUT2D eigenvalue weighted by atomic mass is 10.2. The number of carbonyl (C=O) groups excluding carboxylic acids is 2. The van der Waals surface area contributed by atoms with Crippen LogP contribution in [0.25, 0.3) is 16.7 Å². The Labute approximate surface area is 197 Å². The molecule has 0 saturated carbocycles. The number of amides is 2. The van der Waals surface area contributed by atoms with Crippen LogP contribution in [0.3, 0.4) is 0 Å². The van der Waals surface area contributed by atoms with Crippen LogP contribution in [0.1, 0.15) is 10.4 Å². The molecule has 0 aliphatic heterocycles. The smallest absolute Gasteiger partial charge is 0.271 e. The molecule has 1 heterocycles. The van der Waals surface area contributed by atoms with Crippen LogP contribution in [0.5, 0.6) is 5.75 Å². The Hall–Kier alpha value is -4.38. The van der Waals surface area contributed by atoms with E-state index in [9.17, 15) is 19.7 Å². The second-order valence-corrected chi connectivity index (χ2v) is 8.05. The molecule has 0 aliphatic rings. The van der Waals surface area contributed by atoms with E-state index in [0.29, 0.717) is 38.9 Å². The summed E-state index contributed by atoms with van der Waals surface area (Å²) in [7, 11) is 1.55. The van der Waals surface area contributed by atoms with Gasteiger partial charge in [0.2, 0.25) is 11.8 Å². The lowest BCUT2D eigenvalue weighted by Crippen LogP contribution is -2.15. The maximum absolute atomic E-state index is 12.6. The Morgan fingerprint density at radius 2 is 1.88 bits per heavy atom. The predicted molar refractivity (Wildman–Crippen MR) is 129 cm³/mol. The Bertz CT molecular complexity index is 1400. The van der Waals surface area contributed by atoms with Crippen molar-refractivity contribution in [2.24, 2.45) is 5.73 Å². The van der Waals surface area contributed by atoms with Crippen LogP contribution in [0.4, 0.5) is 11.4 Å². The number of anilines is 1. The number of rotatable bonds is 8. The third kappa shape index (κ3) is 4.69. The topological polar surface area (TPSA) is 142 Å². The maximum atomic E-state index is 12.6. The SMILES string of the molecule is COc1ccccc1-n1c(SCC(=O)Nc2ccc(C(N)=O)cc2)nc2cc([N+](=O)[O-])ccc21. The maximum Gasteiger partial charge on any atom is 0.271 e. The summed E-state index contributed by atoms with van der Waals surface area (Å²) in [6.07, 6.45) is 0. The number of non-ortho nitro benzene ring substituents is 1. The molecule has 3 aromatic carbocycles. The van der Waals surface area contributed by atoms with Gasteiger partial charge in [-0.05, 0) is 42.5 Å². The Kier molecular flexibility index (Phi) is 6.46. The summed E-state index contributed by atoms with van der Waals surface area (Å²) in [6.45, 7) is 0. The first-order valence-electron chi connectivity index (χ1n) is 10.00. The summed E-state index contributed by atoms with van der Waals surface area (Å²) in [5.74, 6) is -0.232. The van der Waals surface area contributed by atoms with Crippen molar-refractivity contribution in [3.63, 3.8) is 0 Å². The molecule has 0 radical (unpaired) electrons. The summed E-state index contributed by atoms with van der Waals surface area (Å²) in [4.78, 5) is 39.0. The van der Waals surface area contributed by atoms with Crippen molar-refractivity contribution in [1.29, 1.82) is 0 Å². The molecule has 11 heteroatoms. The van der Waals surface area contributed by atoms with Gasteiger partial charge in [0.25, 0.3) is 5.69 Å². The Morgan fingerprint density at radius 3 is 2.56 bits per heavy atom. The van der Waals surface area contributed by atoms with Crippen LogP contribution in [-0.2, 0) is 4.79 Å². The number of para-hydroxylation sites is 2. The molecular formula is C23H19N5O5S. The Balaban J connectivity index is 1.63. The van der Waals surface area contributed by atoms with Gasteiger partial charge in [0.15, 0.2) is 5.16 Å². The highest BCUT2D eigenvalue weighted by Gasteiger charge is 2.19. The number of nitro benzene ring substituents is 1. The normalized spacial score (nSPS) is 10.7. The van der Waals surface area contributed by atoms with Crippen molar-refractivity contribution in [2.75, 3.05) is 18.2 Å². The number of primary amides is 1. The lowest BCUT2D eigenvalue weighted by Gasteiger charge is -2.13. The number of imidazole rings is 1. The molecule has 0 spiro atoms. The minimum atomic E-state index is -0.552. The average molecular weight is 478 g/mol. The average Bonchev–Trinajstić information content (AvgIpc) is 3.20. The van der Waals surface area contributed by atoms with Crippen molar-refractivity contribution < 1.29 is 19.2 Å². The molecular weight excluding hydrogens is 458 g/mol. The summed E-state index contributed by atoms with van der Waals surface area (Å²) >= 11 is 1.18. The molecule has 0 saturated heterocycles. The summed E-state index contributed by atoms with van der Waals surface area (Å²) < 4.78 is 7.29. The first-order valence-corrected chi connectivity index (χ1v) is 11.0. The van der Waals surface area contributed by atoms with Crippen LogP contribution in [-0.4, -0.2) is 39.2 Å². The van der Waals surface area contributed by atoms with E-state index in [2.05, 4.69) is 10.3 Å². The van der Waals surface area contributed by atoms with E-state index in [1.54, 1.807) is 35.9 Å². The molecule has 0 bridgehead atoms. The first kappa shape index (κ1) is 22.8. The van der Waals surface area contributed by atoms with E-state index in [1.165, 1.54) is 36.0 Å². The number of hydrogen-bond acceptors (Lipinski definition) is 7. The number of nitrogens with one attached hydrogen (secondary N) is 1. The molecule has 0 fully saturated rings. The fraction of sp³-hybridized carbons (Fsp3) is 0.0870. The fourth-order valence-electron chi connectivity index (χ4n) is 3.35. The van der Waals surface area contributed by atoms with E-state index >= 15 is 0 Å². The van der Waals surface area contributed by atoms with Crippen molar-refractivity contribution in [2.45, 2.75) is 5.16 Å². The van der Waals surface area contributed by atoms with Crippen molar-refractivity contribution in [3.8, 4) is 11.4 Å². The van der Waals surface area contributed by atoms with E-state index in [-0.39, 0.29) is 17.3 Å². The van der Waals surface area contributed by atoms with E-state index in [1.807, 2.05) is 18.2 Å². The largest absolute Gasteiger partial charge is 0.495 e. The van der Waals surface area contributed by atoms with Crippen LogP contribution >= 0.6 is 11.8 Å². The molecule has 2 amide bonds. The molecule has 10 nitrogen and oxygen atoms in total. The molecule has 3 N–H and O–H groups in total. The van der Waals surface area contributed by atoms with Gasteiger partial charge < -0.3 is 15.8 Å². The standard InChI is InChI=1S/C23H19N5O5S/c1-33-20-5-3-2-4-19(20)27-18-11-10-16(28(31)32)12-17(18)26-23(27)34-13-21(29)25-15-8-6-14(7-9-15)22(24)30/h2-12H,13H2,1H3,(H2,24,30)(H,25,29). The fourth-order valence-corrected chi connectivity index (χ4v) is 4.17. The highest BCUT2D eigenvalue weighted by molar-refractivity contribution is 7.99. The monoisotopic (exact) mass is 477 g/mol. The highest BCUT2D eigenvalue weighted by Crippen LogP contribution is 2.33. The van der Waals surface area contributed by atoms with Crippen molar-refractivity contribution in [1.82, 2.24) is 9.55 Å². The lowest BCUT2D eigenvalue weighted by molar-refractivity contribution is -0.384. The van der Waals surface area contributed by atoms with E-state index in [0.717, 1.165) is 0 Å². The van der Waals surface area contributed by atoms with Gasteiger partial charge in [-0.2, -0.15) is 0 Å². The van der Waals surface area contributed by atoms with Gasteiger partial charge in [-0.15, -0.1) is 0 Å². The number of hydrogen-bond donors (Lipinski definition) is 2. The highest BCUT2D eigenvalue weighted by atomic mass is 32.2. The van der Waals surface area contributed by atoms with Gasteiger partial charge in [-0.25, -0.2) is 4.98 Å². The second-order valence-electron chi connectivity index (χ2n) is 7.11. The van der Waals surface area contributed by atoms with Crippen LogP contribution in [0, 0.1) is 10.1 Å². The molecule has 4 rings (SSSR count). The number of ether oxygens (including phenoxy) is 1. The van der Waals surface area contributed by atoms with Gasteiger partial charge in [-0.3, -0.25) is 24.3 Å². The van der Waals surface area contributed by atoms with Gasteiger partial charge in [0.05, 0.1) is 34.5 Å². The number of nitro groups is 1. The van der Waals surface area contributed by atoms with Crippen LogP contribution < -0.4 is 15.8 Å². The molecule has 172 valence electrons. The van der Waals surface area contributed by atoms with Gasteiger partial charge in [0, 0.05) is 23.4 Å². The van der Waals surface area contributed by atoms with Crippen LogP contribution in [0.2, 0.25) is 0 Å². The third-order valence-corrected chi connectivity index (χ3v) is 5.87. The second kappa shape index (κ2) is 9.63. The molecule has 0 atom stereocenters. The molecule has 34 heavy (non-hydrogen) atoms. The van der Waals surface area contributed by atoms with Crippen molar-refractivity contribution >= 4 is 46.0 Å². The predicted octanol–water partition coefficient (Wildman–Crippen LogP) is 3.77. The summed E-state index contributed by atoms with van der Waals surface area (Å²) in [6, 6.07) is 18.0. The quantitative estimate of drug-likeness (QED) is 0.223. The summed E-state index contributed by atoms with van der Waals surface area (Å²) in [5.41, 5.74) is 7.76.